The van der Waals surface area contributed by atoms with Gasteiger partial charge in [-0.1, -0.05) is 24.3 Å². The Labute approximate surface area is 203 Å². The third-order valence-corrected chi connectivity index (χ3v) is 5.31. The average molecular weight is 548 g/mol. The van der Waals surface area contributed by atoms with Gasteiger partial charge < -0.3 is 20.1 Å². The van der Waals surface area contributed by atoms with E-state index in [1.165, 1.54) is 6.07 Å². The number of guanidine groups is 1. The molecule has 0 bridgehead atoms. The zero-order chi connectivity index (χ0) is 21.8. The number of imidazole rings is 1. The molecule has 1 unspecified atom stereocenters. The van der Waals surface area contributed by atoms with Gasteiger partial charge in [0.25, 0.3) is 0 Å². The number of nitrogens with zero attached hydrogens (tertiary/aromatic N) is 4. The van der Waals surface area contributed by atoms with E-state index in [4.69, 9.17) is 0 Å². The van der Waals surface area contributed by atoms with Crippen molar-refractivity contribution in [3.8, 4) is 5.69 Å². The lowest BCUT2D eigenvalue weighted by molar-refractivity contribution is -0.117. The number of aliphatic imine (C=N–C) groups is 1. The van der Waals surface area contributed by atoms with E-state index in [0.717, 1.165) is 17.1 Å². The lowest BCUT2D eigenvalue weighted by atomic mass is 10.2. The summed E-state index contributed by atoms with van der Waals surface area (Å²) in [4.78, 5) is 22.6. The minimum absolute atomic E-state index is 0. The molecule has 2 N–H and O–H groups in total. The Morgan fingerprint density at radius 2 is 2.03 bits per heavy atom. The first kappa shape index (κ1) is 23.7. The monoisotopic (exact) mass is 548 g/mol. The highest BCUT2D eigenvalue weighted by atomic mass is 127. The number of carbonyl (C=O) groups is 1. The molecule has 4 rings (SSSR count). The first-order valence-electron chi connectivity index (χ1n) is 10.2. The zero-order valence-electron chi connectivity index (χ0n) is 18.0. The minimum atomic E-state index is -0.316. The molecule has 2 heterocycles. The van der Waals surface area contributed by atoms with Crippen molar-refractivity contribution in [2.45, 2.75) is 25.9 Å². The van der Waals surface area contributed by atoms with Gasteiger partial charge in [-0.25, -0.2) is 9.37 Å². The Bertz CT molecular complexity index is 1100. The van der Waals surface area contributed by atoms with Gasteiger partial charge in [0, 0.05) is 44.6 Å². The molecule has 1 aliphatic rings. The van der Waals surface area contributed by atoms with E-state index in [0.29, 0.717) is 31.2 Å². The van der Waals surface area contributed by atoms with Crippen LogP contribution in [-0.4, -0.2) is 41.1 Å². The number of anilines is 1. The maximum atomic E-state index is 14.6. The summed E-state index contributed by atoms with van der Waals surface area (Å²) in [5.74, 6) is 1.06. The van der Waals surface area contributed by atoms with Crippen LogP contribution < -0.4 is 15.5 Å². The highest BCUT2D eigenvalue weighted by Gasteiger charge is 2.31. The quantitative estimate of drug-likeness (QED) is 0.291. The molecule has 0 radical (unpaired) electrons. The third kappa shape index (κ3) is 5.26. The van der Waals surface area contributed by atoms with Gasteiger partial charge >= 0.3 is 0 Å². The van der Waals surface area contributed by atoms with E-state index in [-0.39, 0.29) is 41.7 Å². The second kappa shape index (κ2) is 10.6. The summed E-state index contributed by atoms with van der Waals surface area (Å²) in [5, 5.41) is 6.49. The van der Waals surface area contributed by atoms with Crippen molar-refractivity contribution in [2.24, 2.45) is 4.99 Å². The molecule has 9 heteroatoms. The fraction of sp³-hybridized carbons (Fsp3) is 0.261. The zero-order valence-corrected chi connectivity index (χ0v) is 20.3. The second-order valence-corrected chi connectivity index (χ2v) is 7.44. The Kier molecular flexibility index (Phi) is 7.84. The first-order chi connectivity index (χ1) is 15.0. The standard InChI is InChI=1S/C23H25FN6O.HI/c1-16-26-10-11-29(16)21-9-8-17(12-20(21)24)14-27-23(25-2)28-18-13-22(31)30(15-18)19-6-4-3-5-7-19;/h3-12,18H,13-15H2,1-2H3,(H2,25,27,28);1H. The van der Waals surface area contributed by atoms with Crippen LogP contribution in [0.4, 0.5) is 10.1 Å². The molecule has 1 aliphatic heterocycles. The van der Waals surface area contributed by atoms with E-state index in [1.807, 2.05) is 43.3 Å². The van der Waals surface area contributed by atoms with E-state index >= 15 is 0 Å². The van der Waals surface area contributed by atoms with E-state index in [1.54, 1.807) is 35.0 Å². The lowest BCUT2D eigenvalue weighted by Gasteiger charge is -2.19. The summed E-state index contributed by atoms with van der Waals surface area (Å²) in [5.41, 5.74) is 2.14. The number of benzene rings is 2. The molecular formula is C23H26FIN6O. The van der Waals surface area contributed by atoms with Crippen LogP contribution in [0.25, 0.3) is 5.69 Å². The number of carbonyl (C=O) groups excluding carboxylic acids is 1. The number of aromatic nitrogens is 2. The third-order valence-electron chi connectivity index (χ3n) is 5.31. The summed E-state index contributed by atoms with van der Waals surface area (Å²) < 4.78 is 16.3. The Balaban J connectivity index is 0.00000289. The number of hydrogen-bond acceptors (Lipinski definition) is 3. The summed E-state index contributed by atoms with van der Waals surface area (Å²) in [7, 11) is 1.67. The number of aryl methyl sites for hydroxylation is 1. The van der Waals surface area contributed by atoms with Crippen molar-refractivity contribution in [3.63, 3.8) is 0 Å². The van der Waals surface area contributed by atoms with Crippen LogP contribution in [0.2, 0.25) is 0 Å². The summed E-state index contributed by atoms with van der Waals surface area (Å²) in [6.45, 7) is 2.80. The predicted octanol–water partition coefficient (Wildman–Crippen LogP) is 3.41. The van der Waals surface area contributed by atoms with Gasteiger partial charge in [0.05, 0.1) is 11.7 Å². The number of halogens is 2. The smallest absolute Gasteiger partial charge is 0.229 e. The highest BCUT2D eigenvalue weighted by Crippen LogP contribution is 2.21. The summed E-state index contributed by atoms with van der Waals surface area (Å²) >= 11 is 0. The molecule has 2 aromatic carbocycles. The molecule has 1 saturated heterocycles. The van der Waals surface area contributed by atoms with Crippen molar-refractivity contribution in [2.75, 3.05) is 18.5 Å². The van der Waals surface area contributed by atoms with Crippen molar-refractivity contribution in [3.05, 3.63) is 78.1 Å². The van der Waals surface area contributed by atoms with Gasteiger partial charge in [-0.2, -0.15) is 0 Å². The molecule has 1 amide bonds. The second-order valence-electron chi connectivity index (χ2n) is 7.44. The SMILES string of the molecule is CN=C(NCc1ccc(-n2ccnc2C)c(F)c1)NC1CC(=O)N(c2ccccc2)C1.I. The van der Waals surface area contributed by atoms with Crippen LogP contribution in [0.15, 0.2) is 65.9 Å². The maximum absolute atomic E-state index is 14.6. The van der Waals surface area contributed by atoms with Crippen LogP contribution >= 0.6 is 24.0 Å². The van der Waals surface area contributed by atoms with Gasteiger partial charge in [-0.15, -0.1) is 24.0 Å². The van der Waals surface area contributed by atoms with Gasteiger partial charge in [0.2, 0.25) is 5.91 Å². The average Bonchev–Trinajstić information content (AvgIpc) is 3.36. The lowest BCUT2D eigenvalue weighted by Crippen LogP contribution is -2.44. The molecule has 0 saturated carbocycles. The largest absolute Gasteiger partial charge is 0.352 e. The van der Waals surface area contributed by atoms with Gasteiger partial charge in [0.15, 0.2) is 5.96 Å². The van der Waals surface area contributed by atoms with Crippen molar-refractivity contribution >= 4 is 41.5 Å². The number of hydrogen-bond donors (Lipinski definition) is 2. The van der Waals surface area contributed by atoms with Gasteiger partial charge in [0.1, 0.15) is 11.6 Å². The van der Waals surface area contributed by atoms with Crippen molar-refractivity contribution in [1.29, 1.82) is 0 Å². The normalized spacial score (nSPS) is 16.1. The molecule has 168 valence electrons. The Hall–Kier alpha value is -2.95. The van der Waals surface area contributed by atoms with E-state index in [2.05, 4.69) is 20.6 Å². The highest BCUT2D eigenvalue weighted by molar-refractivity contribution is 14.0. The first-order valence-corrected chi connectivity index (χ1v) is 10.2. The van der Waals surface area contributed by atoms with E-state index in [9.17, 15) is 9.18 Å². The number of amides is 1. The fourth-order valence-corrected chi connectivity index (χ4v) is 3.72. The number of nitrogens with one attached hydrogen (secondary N) is 2. The minimum Gasteiger partial charge on any atom is -0.352 e. The van der Waals surface area contributed by atoms with Crippen LogP contribution in [0.1, 0.15) is 17.8 Å². The Morgan fingerprint density at radius 3 is 2.69 bits per heavy atom. The van der Waals surface area contributed by atoms with Crippen LogP contribution in [0.3, 0.4) is 0 Å². The maximum Gasteiger partial charge on any atom is 0.229 e. The summed E-state index contributed by atoms with van der Waals surface area (Å²) in [6, 6.07) is 14.7. The molecule has 0 aliphatic carbocycles. The van der Waals surface area contributed by atoms with Crippen LogP contribution in [0, 0.1) is 12.7 Å². The van der Waals surface area contributed by atoms with Gasteiger partial charge in [-0.05, 0) is 36.8 Å². The number of para-hydroxylation sites is 1. The predicted molar refractivity (Wildman–Crippen MR) is 134 cm³/mol. The molecule has 7 nitrogen and oxygen atoms in total. The molecule has 1 atom stereocenters. The van der Waals surface area contributed by atoms with Crippen molar-refractivity contribution in [1.82, 2.24) is 20.2 Å². The van der Waals surface area contributed by atoms with Crippen LogP contribution in [0.5, 0.6) is 0 Å². The molecular weight excluding hydrogens is 522 g/mol. The van der Waals surface area contributed by atoms with Gasteiger partial charge in [-0.3, -0.25) is 9.79 Å². The topological polar surface area (TPSA) is 74.5 Å². The van der Waals surface area contributed by atoms with Crippen LogP contribution in [-0.2, 0) is 11.3 Å². The Morgan fingerprint density at radius 1 is 1.25 bits per heavy atom. The molecule has 0 spiro atoms. The molecule has 1 fully saturated rings. The molecule has 3 aromatic rings. The van der Waals surface area contributed by atoms with E-state index < -0.39 is 0 Å². The molecule has 1 aromatic heterocycles. The number of rotatable bonds is 5. The fourth-order valence-electron chi connectivity index (χ4n) is 3.72. The molecule has 32 heavy (non-hydrogen) atoms. The summed E-state index contributed by atoms with van der Waals surface area (Å²) in [6.07, 6.45) is 3.77. The van der Waals surface area contributed by atoms with Crippen molar-refractivity contribution < 1.29 is 9.18 Å².